The summed E-state index contributed by atoms with van der Waals surface area (Å²) in [7, 11) is -3.25. The van der Waals surface area contributed by atoms with Crippen LogP contribution in [0.4, 0.5) is 0 Å². The van der Waals surface area contributed by atoms with Crippen LogP contribution in [0.1, 0.15) is 48.3 Å². The summed E-state index contributed by atoms with van der Waals surface area (Å²) >= 11 is 1.29. The minimum Gasteiger partial charge on any atom is -0.293 e. The van der Waals surface area contributed by atoms with E-state index < -0.39 is 9.84 Å². The Hall–Kier alpha value is -1.67. The SMILES string of the molecule is CS(=O)(=O)c1ccc(C(=O)CSc2n[nH]c(CCC3CCCC3)n2)cc1. The van der Waals surface area contributed by atoms with Gasteiger partial charge in [-0.15, -0.1) is 5.10 Å². The second kappa shape index (κ2) is 8.35. The summed E-state index contributed by atoms with van der Waals surface area (Å²) in [5.41, 5.74) is 0.488. The van der Waals surface area contributed by atoms with E-state index >= 15 is 0 Å². The fourth-order valence-electron chi connectivity index (χ4n) is 3.20. The first kappa shape index (κ1) is 19.1. The van der Waals surface area contributed by atoms with E-state index in [1.54, 1.807) is 12.1 Å². The Morgan fingerprint density at radius 2 is 1.92 bits per heavy atom. The number of benzene rings is 1. The number of H-pyrrole nitrogens is 1. The van der Waals surface area contributed by atoms with Gasteiger partial charge in [0.05, 0.1) is 10.6 Å². The Bertz CT molecular complexity index is 854. The third-order valence-electron chi connectivity index (χ3n) is 4.71. The van der Waals surface area contributed by atoms with Gasteiger partial charge in [0.15, 0.2) is 15.6 Å². The van der Waals surface area contributed by atoms with Gasteiger partial charge in [-0.05, 0) is 24.5 Å². The zero-order valence-electron chi connectivity index (χ0n) is 14.8. The van der Waals surface area contributed by atoms with Crippen molar-refractivity contribution in [1.29, 1.82) is 0 Å². The second-order valence-corrected chi connectivity index (χ2v) is 9.72. The van der Waals surface area contributed by atoms with Gasteiger partial charge in [-0.25, -0.2) is 13.4 Å². The van der Waals surface area contributed by atoms with Gasteiger partial charge < -0.3 is 0 Å². The van der Waals surface area contributed by atoms with E-state index in [9.17, 15) is 13.2 Å². The molecule has 1 saturated carbocycles. The summed E-state index contributed by atoms with van der Waals surface area (Å²) in [5, 5.41) is 7.70. The molecule has 2 aromatic rings. The van der Waals surface area contributed by atoms with Gasteiger partial charge in [-0.1, -0.05) is 49.6 Å². The number of aromatic amines is 1. The Labute approximate surface area is 158 Å². The normalized spacial score (nSPS) is 15.4. The van der Waals surface area contributed by atoms with Crippen LogP contribution in [0, 0.1) is 5.92 Å². The van der Waals surface area contributed by atoms with E-state index in [1.807, 2.05) is 0 Å². The molecule has 26 heavy (non-hydrogen) atoms. The monoisotopic (exact) mass is 393 g/mol. The molecule has 1 aromatic heterocycles. The molecule has 0 atom stereocenters. The smallest absolute Gasteiger partial charge is 0.208 e. The molecule has 0 spiro atoms. The van der Waals surface area contributed by atoms with Gasteiger partial charge in [0, 0.05) is 18.2 Å². The molecule has 0 bridgehead atoms. The third kappa shape index (κ3) is 5.17. The van der Waals surface area contributed by atoms with Crippen LogP contribution in [0.3, 0.4) is 0 Å². The van der Waals surface area contributed by atoms with Crippen molar-refractivity contribution < 1.29 is 13.2 Å². The molecular formula is C18H23N3O3S2. The lowest BCUT2D eigenvalue weighted by Gasteiger charge is -2.05. The fraction of sp³-hybridized carbons (Fsp3) is 0.500. The lowest BCUT2D eigenvalue weighted by atomic mass is 10.0. The molecule has 0 radical (unpaired) electrons. The number of sulfone groups is 1. The molecule has 1 aromatic carbocycles. The highest BCUT2D eigenvalue weighted by Gasteiger charge is 2.16. The molecule has 1 N–H and O–H groups in total. The number of aromatic nitrogens is 3. The first-order chi connectivity index (χ1) is 12.4. The number of aryl methyl sites for hydroxylation is 1. The average molecular weight is 394 g/mol. The van der Waals surface area contributed by atoms with Crippen LogP contribution in [-0.2, 0) is 16.3 Å². The van der Waals surface area contributed by atoms with Crippen LogP contribution in [0.5, 0.6) is 0 Å². The zero-order chi connectivity index (χ0) is 18.6. The molecule has 6 nitrogen and oxygen atoms in total. The predicted octanol–water partition coefficient (Wildman–Crippen LogP) is 3.31. The Kier molecular flexibility index (Phi) is 6.13. The minimum atomic E-state index is -3.25. The van der Waals surface area contributed by atoms with Crippen molar-refractivity contribution in [2.45, 2.75) is 48.6 Å². The van der Waals surface area contributed by atoms with Crippen molar-refractivity contribution in [3.05, 3.63) is 35.7 Å². The lowest BCUT2D eigenvalue weighted by Crippen LogP contribution is -2.04. The number of hydrogen-bond donors (Lipinski definition) is 1. The van der Waals surface area contributed by atoms with Gasteiger partial charge in [-0.2, -0.15) is 0 Å². The Morgan fingerprint density at radius 3 is 2.58 bits per heavy atom. The van der Waals surface area contributed by atoms with Crippen LogP contribution in [-0.4, -0.2) is 41.4 Å². The number of Topliss-reactive ketones (excluding diaryl/α,β-unsaturated/α-hetero) is 1. The number of hydrogen-bond acceptors (Lipinski definition) is 6. The summed E-state index contributed by atoms with van der Waals surface area (Å²) < 4.78 is 22.9. The highest BCUT2D eigenvalue weighted by molar-refractivity contribution is 7.99. The van der Waals surface area contributed by atoms with E-state index in [-0.39, 0.29) is 16.4 Å². The van der Waals surface area contributed by atoms with Crippen LogP contribution < -0.4 is 0 Å². The summed E-state index contributed by atoms with van der Waals surface area (Å²) in [5.74, 6) is 1.84. The molecule has 1 aliphatic rings. The maximum Gasteiger partial charge on any atom is 0.208 e. The molecule has 0 saturated heterocycles. The molecular weight excluding hydrogens is 370 g/mol. The molecule has 1 aliphatic carbocycles. The number of nitrogens with zero attached hydrogens (tertiary/aromatic N) is 2. The van der Waals surface area contributed by atoms with Crippen molar-refractivity contribution in [3.63, 3.8) is 0 Å². The number of ketones is 1. The summed E-state index contributed by atoms with van der Waals surface area (Å²) in [6.45, 7) is 0. The first-order valence-electron chi connectivity index (χ1n) is 8.79. The van der Waals surface area contributed by atoms with Gasteiger partial charge >= 0.3 is 0 Å². The van der Waals surface area contributed by atoms with E-state index in [2.05, 4.69) is 15.2 Å². The standard InChI is InChI=1S/C18H23N3O3S2/c1-26(23,24)15-9-7-14(8-10-15)16(22)12-25-18-19-17(20-21-18)11-6-13-4-2-3-5-13/h7-10,13H,2-6,11-12H2,1H3,(H,19,20,21). The third-order valence-corrected chi connectivity index (χ3v) is 6.69. The van der Waals surface area contributed by atoms with E-state index in [0.29, 0.717) is 10.7 Å². The van der Waals surface area contributed by atoms with Gasteiger partial charge in [0.2, 0.25) is 5.16 Å². The number of carbonyl (C=O) groups excluding carboxylic acids is 1. The van der Waals surface area contributed by atoms with Crippen LogP contribution in [0.15, 0.2) is 34.3 Å². The molecule has 0 unspecified atom stereocenters. The van der Waals surface area contributed by atoms with Crippen molar-refractivity contribution in [1.82, 2.24) is 15.2 Å². The van der Waals surface area contributed by atoms with Gasteiger partial charge in [0.25, 0.3) is 0 Å². The van der Waals surface area contributed by atoms with Crippen LogP contribution in [0.25, 0.3) is 0 Å². The molecule has 3 rings (SSSR count). The molecule has 140 valence electrons. The largest absolute Gasteiger partial charge is 0.293 e. The zero-order valence-corrected chi connectivity index (χ0v) is 16.4. The van der Waals surface area contributed by atoms with Gasteiger partial charge in [-0.3, -0.25) is 9.89 Å². The number of thioether (sulfide) groups is 1. The van der Waals surface area contributed by atoms with Crippen molar-refractivity contribution in [2.24, 2.45) is 5.92 Å². The maximum absolute atomic E-state index is 12.2. The van der Waals surface area contributed by atoms with Crippen molar-refractivity contribution in [2.75, 3.05) is 12.0 Å². The summed E-state index contributed by atoms with van der Waals surface area (Å²) in [6.07, 6.45) is 8.52. The number of rotatable bonds is 8. The molecule has 1 heterocycles. The predicted molar refractivity (Wildman–Crippen MR) is 101 cm³/mol. The quantitative estimate of drug-likeness (QED) is 0.546. The molecule has 0 aliphatic heterocycles. The fourth-order valence-corrected chi connectivity index (χ4v) is 4.54. The average Bonchev–Trinajstić information content (AvgIpc) is 3.29. The Balaban J connectivity index is 1.49. The summed E-state index contributed by atoms with van der Waals surface area (Å²) in [4.78, 5) is 16.9. The number of carbonyl (C=O) groups is 1. The van der Waals surface area contributed by atoms with Crippen molar-refractivity contribution in [3.8, 4) is 0 Å². The lowest BCUT2D eigenvalue weighted by molar-refractivity contribution is 0.102. The highest BCUT2D eigenvalue weighted by atomic mass is 32.2. The van der Waals surface area contributed by atoms with E-state index in [4.69, 9.17) is 0 Å². The summed E-state index contributed by atoms with van der Waals surface area (Å²) in [6, 6.07) is 6.01. The van der Waals surface area contributed by atoms with E-state index in [1.165, 1.54) is 49.6 Å². The topological polar surface area (TPSA) is 92.8 Å². The van der Waals surface area contributed by atoms with Crippen LogP contribution >= 0.6 is 11.8 Å². The highest BCUT2D eigenvalue weighted by Crippen LogP contribution is 2.28. The van der Waals surface area contributed by atoms with Gasteiger partial charge in [0.1, 0.15) is 5.82 Å². The molecule has 0 amide bonds. The molecule has 1 fully saturated rings. The second-order valence-electron chi connectivity index (χ2n) is 6.76. The first-order valence-corrected chi connectivity index (χ1v) is 11.7. The Morgan fingerprint density at radius 1 is 1.23 bits per heavy atom. The minimum absolute atomic E-state index is 0.0765. The van der Waals surface area contributed by atoms with E-state index in [0.717, 1.165) is 30.8 Å². The number of nitrogens with one attached hydrogen (secondary N) is 1. The van der Waals surface area contributed by atoms with Crippen molar-refractivity contribution >= 4 is 27.4 Å². The van der Waals surface area contributed by atoms with Crippen LogP contribution in [0.2, 0.25) is 0 Å². The maximum atomic E-state index is 12.2. The molecule has 8 heteroatoms.